The van der Waals surface area contributed by atoms with Gasteiger partial charge in [0, 0.05) is 31.6 Å². The molecule has 5 heteroatoms. The number of piperidine rings is 1. The molecule has 0 aromatic carbocycles. The van der Waals surface area contributed by atoms with Crippen LogP contribution in [0.25, 0.3) is 0 Å². The summed E-state index contributed by atoms with van der Waals surface area (Å²) in [6.07, 6.45) is 5.82. The van der Waals surface area contributed by atoms with E-state index in [4.69, 9.17) is 4.42 Å². The van der Waals surface area contributed by atoms with E-state index in [-0.39, 0.29) is 5.91 Å². The molecule has 5 nitrogen and oxygen atoms in total. The lowest BCUT2D eigenvalue weighted by Gasteiger charge is -2.29. The van der Waals surface area contributed by atoms with E-state index in [1.807, 2.05) is 6.07 Å². The van der Waals surface area contributed by atoms with E-state index in [1.165, 1.54) is 37.8 Å². The molecule has 1 atom stereocenters. The number of carbonyl (C=O) groups excluding carboxylic acids is 1. The Labute approximate surface area is 145 Å². The number of hydrogen-bond acceptors (Lipinski definition) is 4. The van der Waals surface area contributed by atoms with Crippen LogP contribution >= 0.6 is 0 Å². The zero-order valence-electron chi connectivity index (χ0n) is 15.1. The Morgan fingerprint density at radius 2 is 2.08 bits per heavy atom. The van der Waals surface area contributed by atoms with Gasteiger partial charge in [-0.15, -0.1) is 0 Å². The summed E-state index contributed by atoms with van der Waals surface area (Å²) in [5.41, 5.74) is 1.18. The average Bonchev–Trinajstić information content (AvgIpc) is 3.23. The van der Waals surface area contributed by atoms with Gasteiger partial charge in [-0.1, -0.05) is 6.92 Å². The highest BCUT2D eigenvalue weighted by Crippen LogP contribution is 2.21. The average molecular weight is 333 g/mol. The van der Waals surface area contributed by atoms with Crippen molar-refractivity contribution in [1.82, 2.24) is 15.1 Å². The number of nitrogens with one attached hydrogen (secondary N) is 1. The van der Waals surface area contributed by atoms with E-state index < -0.39 is 0 Å². The summed E-state index contributed by atoms with van der Waals surface area (Å²) >= 11 is 0. The second-order valence-corrected chi connectivity index (χ2v) is 7.38. The summed E-state index contributed by atoms with van der Waals surface area (Å²) in [4.78, 5) is 17.2. The van der Waals surface area contributed by atoms with Gasteiger partial charge in [0.15, 0.2) is 5.76 Å². The largest absolute Gasteiger partial charge is 0.456 e. The maximum atomic E-state index is 12.5. The third-order valence-electron chi connectivity index (χ3n) is 5.31. The van der Waals surface area contributed by atoms with Crippen molar-refractivity contribution in [3.8, 4) is 0 Å². The zero-order chi connectivity index (χ0) is 16.9. The van der Waals surface area contributed by atoms with E-state index in [0.717, 1.165) is 44.9 Å². The third-order valence-corrected chi connectivity index (χ3v) is 5.31. The standard InChI is InChI=1S/C19H31N3O2/c1-3-17-16(14-22-9-4-5-10-22)11-18(24-17)19(23)20-12-15-7-6-8-21(2)13-15/h11,15H,3-10,12-14H2,1-2H3,(H,20,23)/t15-/m0/s1. The van der Waals surface area contributed by atoms with Crippen LogP contribution in [0.5, 0.6) is 0 Å². The van der Waals surface area contributed by atoms with Crippen LogP contribution < -0.4 is 5.32 Å². The van der Waals surface area contributed by atoms with Crippen LogP contribution in [0.15, 0.2) is 10.5 Å². The fourth-order valence-electron chi connectivity index (χ4n) is 3.96. The van der Waals surface area contributed by atoms with Crippen molar-refractivity contribution in [3.63, 3.8) is 0 Å². The first-order valence-corrected chi connectivity index (χ1v) is 9.46. The molecular weight excluding hydrogens is 302 g/mol. The monoisotopic (exact) mass is 333 g/mol. The molecule has 24 heavy (non-hydrogen) atoms. The Hall–Kier alpha value is -1.33. The molecule has 2 fully saturated rings. The highest BCUT2D eigenvalue weighted by atomic mass is 16.4. The lowest BCUT2D eigenvalue weighted by molar-refractivity contribution is 0.0907. The van der Waals surface area contributed by atoms with Gasteiger partial charge in [-0.3, -0.25) is 9.69 Å². The predicted octanol–water partition coefficient (Wildman–Crippen LogP) is 2.51. The Kier molecular flexibility index (Phi) is 5.95. The van der Waals surface area contributed by atoms with Crippen LogP contribution in [0, 0.1) is 5.92 Å². The van der Waals surface area contributed by atoms with Crippen molar-refractivity contribution in [2.24, 2.45) is 5.92 Å². The van der Waals surface area contributed by atoms with Gasteiger partial charge in [-0.05, 0) is 64.3 Å². The van der Waals surface area contributed by atoms with Gasteiger partial charge in [0.2, 0.25) is 0 Å². The quantitative estimate of drug-likeness (QED) is 0.869. The minimum absolute atomic E-state index is 0.0643. The van der Waals surface area contributed by atoms with E-state index in [0.29, 0.717) is 11.7 Å². The third kappa shape index (κ3) is 4.39. The smallest absolute Gasteiger partial charge is 0.287 e. The number of amides is 1. The minimum atomic E-state index is -0.0643. The molecule has 0 saturated carbocycles. The lowest BCUT2D eigenvalue weighted by atomic mass is 9.98. The topological polar surface area (TPSA) is 48.7 Å². The molecule has 0 aliphatic carbocycles. The summed E-state index contributed by atoms with van der Waals surface area (Å²) in [5.74, 6) is 1.93. The number of likely N-dealkylation sites (tertiary alicyclic amines) is 2. The van der Waals surface area contributed by atoms with Gasteiger partial charge in [0.05, 0.1) is 0 Å². The van der Waals surface area contributed by atoms with Crippen molar-refractivity contribution in [2.75, 3.05) is 39.8 Å². The van der Waals surface area contributed by atoms with Crippen molar-refractivity contribution in [3.05, 3.63) is 23.2 Å². The molecule has 0 radical (unpaired) electrons. The Bertz CT molecular complexity index is 549. The molecule has 0 spiro atoms. The maximum absolute atomic E-state index is 12.5. The number of hydrogen-bond donors (Lipinski definition) is 1. The number of rotatable bonds is 6. The zero-order valence-corrected chi connectivity index (χ0v) is 15.1. The van der Waals surface area contributed by atoms with Crippen LogP contribution in [0.3, 0.4) is 0 Å². The summed E-state index contributed by atoms with van der Waals surface area (Å²) in [5, 5.41) is 3.07. The highest BCUT2D eigenvalue weighted by Gasteiger charge is 2.21. The van der Waals surface area contributed by atoms with Gasteiger partial charge in [-0.25, -0.2) is 0 Å². The van der Waals surface area contributed by atoms with E-state index in [2.05, 4.69) is 29.1 Å². The van der Waals surface area contributed by atoms with Crippen LogP contribution in [0.1, 0.15) is 54.5 Å². The molecule has 2 aliphatic rings. The van der Waals surface area contributed by atoms with Crippen LogP contribution in [0.4, 0.5) is 0 Å². The summed E-state index contributed by atoms with van der Waals surface area (Å²) < 4.78 is 5.85. The predicted molar refractivity (Wildman–Crippen MR) is 95.2 cm³/mol. The molecule has 0 bridgehead atoms. The van der Waals surface area contributed by atoms with E-state index in [9.17, 15) is 4.79 Å². The molecule has 3 rings (SSSR count). The molecule has 1 amide bonds. The number of aryl methyl sites for hydroxylation is 1. The molecule has 1 N–H and O–H groups in total. The Morgan fingerprint density at radius 1 is 1.29 bits per heavy atom. The first-order valence-electron chi connectivity index (χ1n) is 9.46. The molecule has 2 aliphatic heterocycles. The number of carbonyl (C=O) groups is 1. The first kappa shape index (κ1) is 17.5. The normalized spacial score (nSPS) is 22.8. The molecule has 1 aromatic rings. The number of furan rings is 1. The van der Waals surface area contributed by atoms with Crippen LogP contribution in [-0.2, 0) is 13.0 Å². The van der Waals surface area contributed by atoms with E-state index in [1.54, 1.807) is 0 Å². The second-order valence-electron chi connectivity index (χ2n) is 7.38. The maximum Gasteiger partial charge on any atom is 0.287 e. The van der Waals surface area contributed by atoms with Crippen molar-refractivity contribution in [1.29, 1.82) is 0 Å². The van der Waals surface area contributed by atoms with Gasteiger partial charge in [0.25, 0.3) is 5.91 Å². The Balaban J connectivity index is 1.56. The molecule has 3 heterocycles. The molecular formula is C19H31N3O2. The minimum Gasteiger partial charge on any atom is -0.456 e. The van der Waals surface area contributed by atoms with E-state index >= 15 is 0 Å². The van der Waals surface area contributed by atoms with Crippen molar-refractivity contribution >= 4 is 5.91 Å². The van der Waals surface area contributed by atoms with Gasteiger partial charge < -0.3 is 14.6 Å². The number of nitrogens with zero attached hydrogens (tertiary/aromatic N) is 2. The summed E-state index contributed by atoms with van der Waals surface area (Å²) in [7, 11) is 2.15. The first-order chi connectivity index (χ1) is 11.7. The van der Waals surface area contributed by atoms with Gasteiger partial charge in [-0.2, -0.15) is 0 Å². The lowest BCUT2D eigenvalue weighted by Crippen LogP contribution is -2.39. The highest BCUT2D eigenvalue weighted by molar-refractivity contribution is 5.91. The van der Waals surface area contributed by atoms with Crippen molar-refractivity contribution < 1.29 is 9.21 Å². The molecule has 1 aromatic heterocycles. The fourth-order valence-corrected chi connectivity index (χ4v) is 3.96. The summed E-state index contributed by atoms with van der Waals surface area (Å²) in [6.45, 7) is 8.29. The van der Waals surface area contributed by atoms with Gasteiger partial charge >= 0.3 is 0 Å². The van der Waals surface area contributed by atoms with Crippen LogP contribution in [-0.4, -0.2) is 55.5 Å². The molecule has 2 saturated heterocycles. The van der Waals surface area contributed by atoms with Crippen LogP contribution in [0.2, 0.25) is 0 Å². The summed E-state index contributed by atoms with van der Waals surface area (Å²) in [6, 6.07) is 1.96. The Morgan fingerprint density at radius 3 is 2.79 bits per heavy atom. The molecule has 134 valence electrons. The molecule has 0 unspecified atom stereocenters. The SMILES string of the molecule is CCc1oc(C(=O)NC[C@@H]2CCCN(C)C2)cc1CN1CCCC1. The second kappa shape index (κ2) is 8.17. The fraction of sp³-hybridized carbons (Fsp3) is 0.737. The van der Waals surface area contributed by atoms with Gasteiger partial charge in [0.1, 0.15) is 5.76 Å². The van der Waals surface area contributed by atoms with Crippen molar-refractivity contribution in [2.45, 2.75) is 45.6 Å².